The highest BCUT2D eigenvalue weighted by Crippen LogP contribution is 2.36. The van der Waals surface area contributed by atoms with Gasteiger partial charge in [-0.05, 0) is 24.3 Å². The lowest BCUT2D eigenvalue weighted by atomic mass is 10.1. The third-order valence-electron chi connectivity index (χ3n) is 2.07. The Morgan fingerprint density at radius 3 is 2.18 bits per heavy atom. The second-order valence-electron chi connectivity index (χ2n) is 3.22. The minimum absolute atomic E-state index is 0.169. The van der Waals surface area contributed by atoms with Gasteiger partial charge in [0.1, 0.15) is 5.15 Å². The minimum atomic E-state index is 0.169. The molecule has 88 valence electrons. The fourth-order valence-corrected chi connectivity index (χ4v) is 2.29. The second-order valence-corrected chi connectivity index (χ2v) is 5.23. The van der Waals surface area contributed by atoms with Crippen LogP contribution in [0.1, 0.15) is 0 Å². The summed E-state index contributed by atoms with van der Waals surface area (Å²) in [7, 11) is 0. The summed E-state index contributed by atoms with van der Waals surface area (Å²) in [6, 6.07) is 6.53. The Kier molecular flexibility index (Phi) is 4.06. The number of benzene rings is 1. The fraction of sp³-hybridized carbons (Fsp3) is 0. The molecule has 0 aliphatic carbocycles. The van der Waals surface area contributed by atoms with E-state index in [2.05, 4.69) is 4.98 Å². The average Bonchev–Trinajstić information content (AvgIpc) is 2.27. The van der Waals surface area contributed by atoms with Gasteiger partial charge in [0.05, 0.1) is 20.8 Å². The predicted molar refractivity (Wildman–Crippen MR) is 74.7 cm³/mol. The summed E-state index contributed by atoms with van der Waals surface area (Å²) in [4.78, 5) is 4.10. The van der Waals surface area contributed by atoms with Crippen LogP contribution in [0.4, 0.5) is 0 Å². The molecule has 1 heterocycles. The van der Waals surface area contributed by atoms with Gasteiger partial charge < -0.3 is 0 Å². The van der Waals surface area contributed by atoms with Gasteiger partial charge in [-0.2, -0.15) is 0 Å². The SMILES string of the molecule is Clc1ccc(Cl)c(-c2nc(Cl)c(Cl)cc2Cl)c1. The van der Waals surface area contributed by atoms with Crippen LogP contribution in [0.25, 0.3) is 11.3 Å². The van der Waals surface area contributed by atoms with Crippen LogP contribution in [0.5, 0.6) is 0 Å². The van der Waals surface area contributed by atoms with Gasteiger partial charge in [-0.3, -0.25) is 0 Å². The van der Waals surface area contributed by atoms with E-state index in [4.69, 9.17) is 58.0 Å². The zero-order chi connectivity index (χ0) is 12.6. The van der Waals surface area contributed by atoms with E-state index in [1.54, 1.807) is 18.2 Å². The molecule has 0 fully saturated rings. The number of nitrogens with zero attached hydrogens (tertiary/aromatic N) is 1. The van der Waals surface area contributed by atoms with E-state index in [0.717, 1.165) is 0 Å². The monoisotopic (exact) mass is 325 g/mol. The molecule has 0 saturated carbocycles. The maximum atomic E-state index is 6.06. The lowest BCUT2D eigenvalue weighted by molar-refractivity contribution is 1.32. The second kappa shape index (κ2) is 5.21. The molecule has 0 unspecified atom stereocenters. The van der Waals surface area contributed by atoms with Crippen LogP contribution in [-0.4, -0.2) is 4.98 Å². The molecule has 2 aromatic rings. The summed E-state index contributed by atoms with van der Waals surface area (Å²) < 4.78 is 0. The Hall–Kier alpha value is -0.180. The summed E-state index contributed by atoms with van der Waals surface area (Å²) in [5.41, 5.74) is 1.07. The van der Waals surface area contributed by atoms with Crippen molar-refractivity contribution >= 4 is 58.0 Å². The summed E-state index contributed by atoms with van der Waals surface area (Å²) in [6.45, 7) is 0. The van der Waals surface area contributed by atoms with Crippen molar-refractivity contribution < 1.29 is 0 Å². The zero-order valence-corrected chi connectivity index (χ0v) is 11.9. The maximum absolute atomic E-state index is 6.06. The molecule has 0 spiro atoms. The van der Waals surface area contributed by atoms with Crippen LogP contribution in [0, 0.1) is 0 Å². The highest BCUT2D eigenvalue weighted by Gasteiger charge is 2.13. The highest BCUT2D eigenvalue weighted by molar-refractivity contribution is 6.43. The van der Waals surface area contributed by atoms with Crippen LogP contribution >= 0.6 is 58.0 Å². The molecule has 1 aromatic heterocycles. The lowest BCUT2D eigenvalue weighted by Gasteiger charge is -2.08. The van der Waals surface area contributed by atoms with E-state index in [1.165, 1.54) is 6.07 Å². The van der Waals surface area contributed by atoms with E-state index in [-0.39, 0.29) is 5.15 Å². The third kappa shape index (κ3) is 2.81. The van der Waals surface area contributed by atoms with Gasteiger partial charge in [0.2, 0.25) is 0 Å². The Morgan fingerprint density at radius 2 is 1.47 bits per heavy atom. The average molecular weight is 327 g/mol. The number of aromatic nitrogens is 1. The van der Waals surface area contributed by atoms with E-state index in [1.807, 2.05) is 0 Å². The van der Waals surface area contributed by atoms with Gasteiger partial charge in [0, 0.05) is 10.6 Å². The summed E-state index contributed by atoms with van der Waals surface area (Å²) >= 11 is 29.7. The van der Waals surface area contributed by atoms with Crippen molar-refractivity contribution in [2.24, 2.45) is 0 Å². The van der Waals surface area contributed by atoms with Crippen molar-refractivity contribution in [1.29, 1.82) is 0 Å². The first-order valence-electron chi connectivity index (χ1n) is 4.46. The molecule has 2 rings (SSSR count). The molecule has 17 heavy (non-hydrogen) atoms. The van der Waals surface area contributed by atoms with Gasteiger partial charge in [0.15, 0.2) is 0 Å². The highest BCUT2D eigenvalue weighted by atomic mass is 35.5. The molecule has 0 saturated heterocycles. The molecular formula is C11H4Cl5N. The first-order valence-corrected chi connectivity index (χ1v) is 6.35. The van der Waals surface area contributed by atoms with Crippen molar-refractivity contribution in [3.8, 4) is 11.3 Å². The standard InChI is InChI=1S/C11H4Cl5N/c12-5-1-2-7(13)6(3-5)10-8(14)4-9(15)11(16)17-10/h1-4H. The zero-order valence-electron chi connectivity index (χ0n) is 8.15. The van der Waals surface area contributed by atoms with E-state index in [9.17, 15) is 0 Å². The van der Waals surface area contributed by atoms with E-state index in [0.29, 0.717) is 31.3 Å². The maximum Gasteiger partial charge on any atom is 0.148 e. The Labute approximate surface area is 123 Å². The van der Waals surface area contributed by atoms with Crippen LogP contribution < -0.4 is 0 Å². The lowest BCUT2D eigenvalue weighted by Crippen LogP contribution is -1.88. The first kappa shape index (κ1) is 13.3. The molecule has 0 amide bonds. The molecule has 0 radical (unpaired) electrons. The smallest absolute Gasteiger partial charge is 0.148 e. The number of pyridine rings is 1. The molecule has 0 aliphatic rings. The van der Waals surface area contributed by atoms with Crippen LogP contribution in [0.15, 0.2) is 24.3 Å². The predicted octanol–water partition coefficient (Wildman–Crippen LogP) is 6.02. The topological polar surface area (TPSA) is 12.9 Å². The van der Waals surface area contributed by atoms with Crippen molar-refractivity contribution in [3.63, 3.8) is 0 Å². The van der Waals surface area contributed by atoms with Crippen molar-refractivity contribution in [1.82, 2.24) is 4.98 Å². The molecule has 1 nitrogen and oxygen atoms in total. The van der Waals surface area contributed by atoms with E-state index < -0.39 is 0 Å². The molecule has 0 aliphatic heterocycles. The Bertz CT molecular complexity index is 582. The van der Waals surface area contributed by atoms with Crippen molar-refractivity contribution in [3.05, 3.63) is 49.5 Å². The Morgan fingerprint density at radius 1 is 0.765 bits per heavy atom. The fourth-order valence-electron chi connectivity index (χ4n) is 1.31. The normalized spacial score (nSPS) is 10.6. The van der Waals surface area contributed by atoms with Crippen LogP contribution in [0.2, 0.25) is 25.2 Å². The molecule has 6 heteroatoms. The number of hydrogen-bond acceptors (Lipinski definition) is 1. The van der Waals surface area contributed by atoms with Gasteiger partial charge in [-0.15, -0.1) is 0 Å². The van der Waals surface area contributed by atoms with Crippen LogP contribution in [-0.2, 0) is 0 Å². The summed E-state index contributed by atoms with van der Waals surface area (Å²) in [5.74, 6) is 0. The molecule has 0 N–H and O–H groups in total. The quantitative estimate of drug-likeness (QED) is 0.584. The van der Waals surface area contributed by atoms with Gasteiger partial charge in [-0.25, -0.2) is 4.98 Å². The molecular weight excluding hydrogens is 323 g/mol. The summed E-state index contributed by atoms with van der Waals surface area (Å²) in [5, 5.41) is 1.85. The van der Waals surface area contributed by atoms with Crippen molar-refractivity contribution in [2.45, 2.75) is 0 Å². The first-order chi connectivity index (χ1) is 7.99. The molecule has 0 atom stereocenters. The molecule has 1 aromatic carbocycles. The minimum Gasteiger partial charge on any atom is -0.233 e. The Balaban J connectivity index is 2.68. The number of halogens is 5. The third-order valence-corrected chi connectivity index (χ3v) is 3.60. The van der Waals surface area contributed by atoms with Crippen molar-refractivity contribution in [2.75, 3.05) is 0 Å². The van der Waals surface area contributed by atoms with Crippen LogP contribution in [0.3, 0.4) is 0 Å². The number of rotatable bonds is 1. The van der Waals surface area contributed by atoms with E-state index >= 15 is 0 Å². The number of hydrogen-bond donors (Lipinski definition) is 0. The van der Waals surface area contributed by atoms with Gasteiger partial charge in [0.25, 0.3) is 0 Å². The summed E-state index contributed by atoms with van der Waals surface area (Å²) in [6.07, 6.45) is 0. The van der Waals surface area contributed by atoms with Gasteiger partial charge >= 0.3 is 0 Å². The largest absolute Gasteiger partial charge is 0.233 e. The molecule has 0 bridgehead atoms. The van der Waals surface area contributed by atoms with Gasteiger partial charge in [-0.1, -0.05) is 58.0 Å².